The number of ether oxygens (including phenoxy) is 1. The van der Waals surface area contributed by atoms with Gasteiger partial charge in [-0.05, 0) is 29.0 Å². The Hall–Kier alpha value is -0.320. The smallest absolute Gasteiger partial charge is 0.174 e. The standard InChI is InChI=1S/C8H12BrNO2/c1-10-4-7-3-6(5-11-2)8(9)12-7/h3,10H,4-5H2,1-2H3. The monoisotopic (exact) mass is 233 g/mol. The number of hydrogen-bond acceptors (Lipinski definition) is 3. The van der Waals surface area contributed by atoms with Crippen LogP contribution in [0.3, 0.4) is 0 Å². The molecule has 0 radical (unpaired) electrons. The minimum atomic E-state index is 0.577. The second-order valence-corrected chi connectivity index (χ2v) is 3.20. The van der Waals surface area contributed by atoms with Crippen LogP contribution in [0.4, 0.5) is 0 Å². The van der Waals surface area contributed by atoms with Gasteiger partial charge in [-0.3, -0.25) is 0 Å². The van der Waals surface area contributed by atoms with Crippen LogP contribution in [0.5, 0.6) is 0 Å². The van der Waals surface area contributed by atoms with E-state index in [1.54, 1.807) is 7.11 Å². The summed E-state index contributed by atoms with van der Waals surface area (Å²) in [6.45, 7) is 1.32. The van der Waals surface area contributed by atoms with Gasteiger partial charge in [0.25, 0.3) is 0 Å². The molecular formula is C8H12BrNO2. The molecule has 3 nitrogen and oxygen atoms in total. The molecule has 0 aliphatic carbocycles. The van der Waals surface area contributed by atoms with Gasteiger partial charge in [0.05, 0.1) is 13.2 Å². The summed E-state index contributed by atoms with van der Waals surface area (Å²) < 4.78 is 11.1. The van der Waals surface area contributed by atoms with Crippen LogP contribution in [0, 0.1) is 0 Å². The third-order valence-electron chi connectivity index (χ3n) is 1.46. The Morgan fingerprint density at radius 2 is 2.42 bits per heavy atom. The Balaban J connectivity index is 2.70. The lowest BCUT2D eigenvalue weighted by Gasteiger charge is -1.91. The SMILES string of the molecule is CNCc1cc(COC)c(Br)o1. The van der Waals surface area contributed by atoms with Crippen molar-refractivity contribution in [3.8, 4) is 0 Å². The molecule has 68 valence electrons. The second kappa shape index (κ2) is 4.64. The van der Waals surface area contributed by atoms with Gasteiger partial charge in [-0.1, -0.05) is 0 Å². The summed E-state index contributed by atoms with van der Waals surface area (Å²) in [6.07, 6.45) is 0. The predicted molar refractivity (Wildman–Crippen MR) is 49.9 cm³/mol. The van der Waals surface area contributed by atoms with Crippen molar-refractivity contribution < 1.29 is 9.15 Å². The zero-order chi connectivity index (χ0) is 8.97. The van der Waals surface area contributed by atoms with E-state index in [0.29, 0.717) is 6.61 Å². The summed E-state index contributed by atoms with van der Waals surface area (Å²) in [7, 11) is 3.55. The molecule has 0 unspecified atom stereocenters. The molecule has 0 saturated heterocycles. The van der Waals surface area contributed by atoms with Crippen molar-refractivity contribution in [1.82, 2.24) is 5.32 Å². The van der Waals surface area contributed by atoms with Crippen molar-refractivity contribution in [1.29, 1.82) is 0 Å². The van der Waals surface area contributed by atoms with Crippen molar-refractivity contribution in [2.24, 2.45) is 0 Å². The Bertz CT molecular complexity index is 247. The van der Waals surface area contributed by atoms with Crippen molar-refractivity contribution in [3.05, 3.63) is 22.1 Å². The highest BCUT2D eigenvalue weighted by Gasteiger charge is 2.06. The Labute approximate surface area is 80.2 Å². The first-order valence-corrected chi connectivity index (χ1v) is 4.48. The van der Waals surface area contributed by atoms with E-state index in [0.717, 1.165) is 22.5 Å². The minimum absolute atomic E-state index is 0.577. The van der Waals surface area contributed by atoms with Crippen molar-refractivity contribution in [2.75, 3.05) is 14.2 Å². The van der Waals surface area contributed by atoms with E-state index in [9.17, 15) is 0 Å². The highest BCUT2D eigenvalue weighted by atomic mass is 79.9. The molecule has 1 aromatic heterocycles. The zero-order valence-corrected chi connectivity index (χ0v) is 8.77. The van der Waals surface area contributed by atoms with Crippen molar-refractivity contribution in [3.63, 3.8) is 0 Å². The van der Waals surface area contributed by atoms with Gasteiger partial charge in [0, 0.05) is 12.7 Å². The third kappa shape index (κ3) is 2.33. The van der Waals surface area contributed by atoms with Crippen molar-refractivity contribution in [2.45, 2.75) is 13.2 Å². The highest BCUT2D eigenvalue weighted by Crippen LogP contribution is 2.21. The predicted octanol–water partition coefficient (Wildman–Crippen LogP) is 1.91. The van der Waals surface area contributed by atoms with Crippen LogP contribution in [0.25, 0.3) is 0 Å². The van der Waals surface area contributed by atoms with Crippen LogP contribution < -0.4 is 5.32 Å². The quantitative estimate of drug-likeness (QED) is 0.863. The summed E-state index contributed by atoms with van der Waals surface area (Å²) in [5.41, 5.74) is 1.04. The van der Waals surface area contributed by atoms with Gasteiger partial charge in [0.2, 0.25) is 0 Å². The summed E-state index contributed by atoms with van der Waals surface area (Å²) in [5, 5.41) is 3.01. The first kappa shape index (κ1) is 9.77. The van der Waals surface area contributed by atoms with E-state index >= 15 is 0 Å². The molecule has 0 amide bonds. The van der Waals surface area contributed by atoms with Gasteiger partial charge in [-0.15, -0.1) is 0 Å². The first-order valence-electron chi connectivity index (χ1n) is 3.68. The summed E-state index contributed by atoms with van der Waals surface area (Å²) in [5.74, 6) is 0.913. The molecule has 1 rings (SSSR count). The molecular weight excluding hydrogens is 222 g/mol. The maximum Gasteiger partial charge on any atom is 0.174 e. The normalized spacial score (nSPS) is 10.6. The van der Waals surface area contributed by atoms with E-state index in [-0.39, 0.29) is 0 Å². The highest BCUT2D eigenvalue weighted by molar-refractivity contribution is 9.10. The number of nitrogens with one attached hydrogen (secondary N) is 1. The van der Waals surface area contributed by atoms with Crippen LogP contribution in [0.2, 0.25) is 0 Å². The Morgan fingerprint density at radius 1 is 1.67 bits per heavy atom. The van der Waals surface area contributed by atoms with Crippen LogP contribution in [-0.4, -0.2) is 14.2 Å². The van der Waals surface area contributed by atoms with Gasteiger partial charge in [0.15, 0.2) is 4.67 Å². The molecule has 4 heteroatoms. The molecule has 0 aromatic carbocycles. The number of furan rings is 1. The minimum Gasteiger partial charge on any atom is -0.453 e. The van der Waals surface area contributed by atoms with E-state index in [1.807, 2.05) is 13.1 Å². The van der Waals surface area contributed by atoms with Crippen LogP contribution in [-0.2, 0) is 17.9 Å². The topological polar surface area (TPSA) is 34.4 Å². The lowest BCUT2D eigenvalue weighted by molar-refractivity contribution is 0.183. The molecule has 0 aliphatic rings. The summed E-state index contributed by atoms with van der Waals surface area (Å²) in [6, 6.07) is 1.98. The molecule has 0 spiro atoms. The maximum absolute atomic E-state index is 5.38. The number of halogens is 1. The summed E-state index contributed by atoms with van der Waals surface area (Å²) >= 11 is 3.31. The van der Waals surface area contributed by atoms with Crippen LogP contribution in [0.15, 0.2) is 15.2 Å². The van der Waals surface area contributed by atoms with E-state index in [2.05, 4.69) is 21.2 Å². The van der Waals surface area contributed by atoms with Gasteiger partial charge in [0.1, 0.15) is 5.76 Å². The largest absolute Gasteiger partial charge is 0.453 e. The van der Waals surface area contributed by atoms with Gasteiger partial charge < -0.3 is 14.5 Å². The maximum atomic E-state index is 5.38. The van der Waals surface area contributed by atoms with Crippen molar-refractivity contribution >= 4 is 15.9 Å². The molecule has 0 saturated carbocycles. The summed E-state index contributed by atoms with van der Waals surface area (Å²) in [4.78, 5) is 0. The van der Waals surface area contributed by atoms with Crippen LogP contribution >= 0.6 is 15.9 Å². The van der Waals surface area contributed by atoms with E-state index in [4.69, 9.17) is 9.15 Å². The van der Waals surface area contributed by atoms with E-state index in [1.165, 1.54) is 0 Å². The zero-order valence-electron chi connectivity index (χ0n) is 7.19. The van der Waals surface area contributed by atoms with Gasteiger partial charge in [-0.2, -0.15) is 0 Å². The lowest BCUT2D eigenvalue weighted by atomic mass is 10.3. The fourth-order valence-electron chi connectivity index (χ4n) is 0.976. The Morgan fingerprint density at radius 3 is 3.00 bits per heavy atom. The average Bonchev–Trinajstić information content (AvgIpc) is 2.34. The molecule has 0 fully saturated rings. The number of hydrogen-bond donors (Lipinski definition) is 1. The number of rotatable bonds is 4. The lowest BCUT2D eigenvalue weighted by Crippen LogP contribution is -2.03. The fourth-order valence-corrected chi connectivity index (χ4v) is 1.41. The molecule has 0 atom stereocenters. The average molecular weight is 234 g/mol. The fraction of sp³-hybridized carbons (Fsp3) is 0.500. The van der Waals surface area contributed by atoms with E-state index < -0.39 is 0 Å². The third-order valence-corrected chi connectivity index (χ3v) is 2.13. The first-order chi connectivity index (χ1) is 5.77. The molecule has 1 heterocycles. The molecule has 12 heavy (non-hydrogen) atoms. The van der Waals surface area contributed by atoms with Gasteiger partial charge >= 0.3 is 0 Å². The molecule has 0 aliphatic heterocycles. The van der Waals surface area contributed by atoms with Gasteiger partial charge in [-0.25, -0.2) is 0 Å². The molecule has 1 N–H and O–H groups in total. The number of methoxy groups -OCH3 is 1. The van der Waals surface area contributed by atoms with Crippen LogP contribution in [0.1, 0.15) is 11.3 Å². The molecule has 0 bridgehead atoms. The molecule has 1 aromatic rings. The Kier molecular flexibility index (Phi) is 3.78. The second-order valence-electron chi connectivity index (χ2n) is 2.47.